The minimum absolute atomic E-state index is 0.283. The average molecular weight is 191 g/mol. The number of nitrogens with one attached hydrogen (secondary N) is 1. The lowest BCUT2D eigenvalue weighted by atomic mass is 10.1. The average Bonchev–Trinajstić information content (AvgIpc) is 2.60. The lowest BCUT2D eigenvalue weighted by molar-refractivity contribution is 0.415. The van der Waals surface area contributed by atoms with Crippen LogP contribution in [0.2, 0.25) is 0 Å². The topological polar surface area (TPSA) is 25.2 Å². The number of hydrogen-bond acceptors (Lipinski definition) is 2. The van der Waals surface area contributed by atoms with Crippen LogP contribution in [0.3, 0.4) is 0 Å². The molecule has 1 atom stereocenters. The molecule has 1 N–H and O–H groups in total. The lowest BCUT2D eigenvalue weighted by Gasteiger charge is -2.12. The molecule has 0 aromatic carbocycles. The highest BCUT2D eigenvalue weighted by Crippen LogP contribution is 2.22. The van der Waals surface area contributed by atoms with E-state index in [0.29, 0.717) is 0 Å². The molecular weight excluding hydrogens is 174 g/mol. The maximum absolute atomic E-state index is 5.44. The standard InChI is InChI=1S/C12H17NO/c1-4-5-6-7-11(13-3)12-10(2)8-9-14-12/h8-9,11,13H,6-7H2,1-3H3. The second kappa shape index (κ2) is 5.51. The molecule has 76 valence electrons. The summed E-state index contributed by atoms with van der Waals surface area (Å²) in [5, 5.41) is 3.24. The molecule has 0 saturated carbocycles. The van der Waals surface area contributed by atoms with Crippen LogP contribution < -0.4 is 5.32 Å². The minimum Gasteiger partial charge on any atom is -0.467 e. The van der Waals surface area contributed by atoms with Gasteiger partial charge in [-0.3, -0.25) is 0 Å². The summed E-state index contributed by atoms with van der Waals surface area (Å²) in [5.74, 6) is 6.99. The zero-order valence-corrected chi connectivity index (χ0v) is 9.05. The van der Waals surface area contributed by atoms with E-state index in [9.17, 15) is 0 Å². The van der Waals surface area contributed by atoms with E-state index in [1.807, 2.05) is 20.0 Å². The Morgan fingerprint density at radius 2 is 2.36 bits per heavy atom. The van der Waals surface area contributed by atoms with Gasteiger partial charge in [0.1, 0.15) is 5.76 Å². The summed E-state index contributed by atoms with van der Waals surface area (Å²) in [4.78, 5) is 0. The lowest BCUT2D eigenvalue weighted by Crippen LogP contribution is -2.16. The van der Waals surface area contributed by atoms with Crippen LogP contribution in [-0.4, -0.2) is 7.05 Å². The maximum atomic E-state index is 5.44. The second-order valence-corrected chi connectivity index (χ2v) is 3.27. The first-order chi connectivity index (χ1) is 6.79. The van der Waals surface area contributed by atoms with Gasteiger partial charge >= 0.3 is 0 Å². The van der Waals surface area contributed by atoms with Crippen molar-refractivity contribution in [1.29, 1.82) is 0 Å². The van der Waals surface area contributed by atoms with Crippen LogP contribution in [0.4, 0.5) is 0 Å². The van der Waals surface area contributed by atoms with Crippen molar-refractivity contribution in [3.8, 4) is 11.8 Å². The van der Waals surface area contributed by atoms with Gasteiger partial charge < -0.3 is 9.73 Å². The summed E-state index contributed by atoms with van der Waals surface area (Å²) in [6.07, 6.45) is 3.63. The van der Waals surface area contributed by atoms with Crippen molar-refractivity contribution >= 4 is 0 Å². The third-order valence-electron chi connectivity index (χ3n) is 2.30. The molecule has 1 rings (SSSR count). The number of hydrogen-bond donors (Lipinski definition) is 1. The molecule has 0 bridgehead atoms. The number of aryl methyl sites for hydroxylation is 1. The zero-order chi connectivity index (χ0) is 10.4. The molecule has 14 heavy (non-hydrogen) atoms. The number of rotatable bonds is 4. The molecule has 0 amide bonds. The van der Waals surface area contributed by atoms with Crippen molar-refractivity contribution in [2.24, 2.45) is 0 Å². The number of furan rings is 1. The predicted octanol–water partition coefficient (Wildman–Crippen LogP) is 2.65. The van der Waals surface area contributed by atoms with Crippen LogP contribution in [0.15, 0.2) is 16.7 Å². The van der Waals surface area contributed by atoms with Crippen molar-refractivity contribution in [2.75, 3.05) is 7.05 Å². The van der Waals surface area contributed by atoms with E-state index in [1.54, 1.807) is 6.26 Å². The molecular formula is C12H17NO. The first kappa shape index (κ1) is 10.9. The van der Waals surface area contributed by atoms with Crippen LogP contribution in [0.25, 0.3) is 0 Å². The summed E-state index contributed by atoms with van der Waals surface area (Å²) in [6, 6.07) is 2.27. The monoisotopic (exact) mass is 191 g/mol. The quantitative estimate of drug-likeness (QED) is 0.740. The van der Waals surface area contributed by atoms with Crippen LogP contribution in [0.5, 0.6) is 0 Å². The maximum Gasteiger partial charge on any atom is 0.123 e. The predicted molar refractivity (Wildman–Crippen MR) is 57.9 cm³/mol. The third kappa shape index (κ3) is 2.65. The normalized spacial score (nSPS) is 11.9. The van der Waals surface area contributed by atoms with Gasteiger partial charge in [-0.2, -0.15) is 0 Å². The fourth-order valence-electron chi connectivity index (χ4n) is 1.49. The molecule has 1 unspecified atom stereocenters. The van der Waals surface area contributed by atoms with Crippen molar-refractivity contribution < 1.29 is 4.42 Å². The van der Waals surface area contributed by atoms with Crippen molar-refractivity contribution in [2.45, 2.75) is 32.7 Å². The second-order valence-electron chi connectivity index (χ2n) is 3.27. The molecule has 1 aromatic heterocycles. The van der Waals surface area contributed by atoms with Gasteiger partial charge in [0.2, 0.25) is 0 Å². The Bertz CT molecular complexity index is 330. The van der Waals surface area contributed by atoms with Gasteiger partial charge in [0.05, 0.1) is 12.3 Å². The molecule has 2 heteroatoms. The van der Waals surface area contributed by atoms with Crippen LogP contribution in [0.1, 0.15) is 37.1 Å². The molecule has 1 heterocycles. The molecule has 0 aliphatic heterocycles. The molecule has 1 aromatic rings. The van der Waals surface area contributed by atoms with Gasteiger partial charge in [0.15, 0.2) is 0 Å². The molecule has 2 nitrogen and oxygen atoms in total. The van der Waals surface area contributed by atoms with E-state index < -0.39 is 0 Å². The largest absolute Gasteiger partial charge is 0.467 e. The first-order valence-electron chi connectivity index (χ1n) is 4.90. The highest BCUT2D eigenvalue weighted by atomic mass is 16.3. The summed E-state index contributed by atoms with van der Waals surface area (Å²) >= 11 is 0. The van der Waals surface area contributed by atoms with Gasteiger partial charge in [0, 0.05) is 6.42 Å². The molecule has 0 radical (unpaired) electrons. The van der Waals surface area contributed by atoms with E-state index >= 15 is 0 Å². The van der Waals surface area contributed by atoms with Crippen molar-refractivity contribution in [3.63, 3.8) is 0 Å². The van der Waals surface area contributed by atoms with E-state index in [0.717, 1.165) is 18.6 Å². The van der Waals surface area contributed by atoms with Gasteiger partial charge in [0.25, 0.3) is 0 Å². The van der Waals surface area contributed by atoms with E-state index in [2.05, 4.69) is 24.1 Å². The Kier molecular flexibility index (Phi) is 4.28. The van der Waals surface area contributed by atoms with Crippen LogP contribution >= 0.6 is 0 Å². The molecule has 0 fully saturated rings. The molecule has 0 spiro atoms. The SMILES string of the molecule is CC#CCCC(NC)c1occc1C. The molecule has 0 aliphatic rings. The van der Waals surface area contributed by atoms with Gasteiger partial charge in [-0.25, -0.2) is 0 Å². The highest BCUT2D eigenvalue weighted by molar-refractivity contribution is 5.18. The molecule has 0 aliphatic carbocycles. The van der Waals surface area contributed by atoms with E-state index in [1.165, 1.54) is 5.56 Å². The van der Waals surface area contributed by atoms with Gasteiger partial charge in [-0.1, -0.05) is 0 Å². The van der Waals surface area contributed by atoms with Crippen LogP contribution in [0, 0.1) is 18.8 Å². The fourth-order valence-corrected chi connectivity index (χ4v) is 1.49. The van der Waals surface area contributed by atoms with Crippen LogP contribution in [-0.2, 0) is 0 Å². The first-order valence-corrected chi connectivity index (χ1v) is 4.90. The fraction of sp³-hybridized carbons (Fsp3) is 0.500. The summed E-state index contributed by atoms with van der Waals surface area (Å²) < 4.78 is 5.44. The van der Waals surface area contributed by atoms with Crippen molar-refractivity contribution in [1.82, 2.24) is 5.32 Å². The summed E-state index contributed by atoms with van der Waals surface area (Å²) in [5.41, 5.74) is 1.20. The Labute approximate surface area is 85.7 Å². The third-order valence-corrected chi connectivity index (χ3v) is 2.30. The zero-order valence-electron chi connectivity index (χ0n) is 9.05. The Balaban J connectivity index is 2.61. The Hall–Kier alpha value is -1.20. The summed E-state index contributed by atoms with van der Waals surface area (Å²) in [6.45, 7) is 3.93. The Morgan fingerprint density at radius 1 is 1.57 bits per heavy atom. The highest BCUT2D eigenvalue weighted by Gasteiger charge is 2.13. The van der Waals surface area contributed by atoms with Gasteiger partial charge in [-0.15, -0.1) is 11.8 Å². The molecule has 0 saturated heterocycles. The summed E-state index contributed by atoms with van der Waals surface area (Å²) in [7, 11) is 1.95. The van der Waals surface area contributed by atoms with Gasteiger partial charge in [-0.05, 0) is 38.9 Å². The van der Waals surface area contributed by atoms with Crippen molar-refractivity contribution in [3.05, 3.63) is 23.7 Å². The van der Waals surface area contributed by atoms with E-state index in [4.69, 9.17) is 4.42 Å². The Morgan fingerprint density at radius 3 is 2.86 bits per heavy atom. The smallest absolute Gasteiger partial charge is 0.123 e. The van der Waals surface area contributed by atoms with E-state index in [-0.39, 0.29) is 6.04 Å². The minimum atomic E-state index is 0.283.